The third-order valence-corrected chi connectivity index (χ3v) is 4.41. The summed E-state index contributed by atoms with van der Waals surface area (Å²) in [7, 11) is 0. The van der Waals surface area contributed by atoms with Gasteiger partial charge in [0.2, 0.25) is 0 Å². The Morgan fingerprint density at radius 1 is 1.25 bits per heavy atom. The third kappa shape index (κ3) is 4.53. The van der Waals surface area contributed by atoms with Gasteiger partial charge in [0.15, 0.2) is 6.10 Å². The van der Waals surface area contributed by atoms with E-state index in [2.05, 4.69) is 12.2 Å². The van der Waals surface area contributed by atoms with Crippen molar-refractivity contribution in [2.24, 2.45) is 5.92 Å². The minimum atomic E-state index is -0.915. The Labute approximate surface area is 140 Å². The van der Waals surface area contributed by atoms with E-state index >= 15 is 0 Å². The Kier molecular flexibility index (Phi) is 5.89. The number of rotatable bonds is 5. The van der Waals surface area contributed by atoms with Gasteiger partial charge in [-0.25, -0.2) is 4.79 Å². The van der Waals surface area contributed by atoms with Crippen LogP contribution in [-0.2, 0) is 9.53 Å². The number of hydrogen-bond donors (Lipinski definition) is 1. The lowest BCUT2D eigenvalue weighted by atomic mass is 9.86. The van der Waals surface area contributed by atoms with Crippen LogP contribution in [0.25, 0.3) is 0 Å². The van der Waals surface area contributed by atoms with Gasteiger partial charge in [-0.1, -0.05) is 19.8 Å². The summed E-state index contributed by atoms with van der Waals surface area (Å²) in [6.45, 7) is 3.63. The molecule has 0 spiro atoms. The van der Waals surface area contributed by atoms with Gasteiger partial charge in [-0.3, -0.25) is 14.9 Å². The Balaban J connectivity index is 1.90. The van der Waals surface area contributed by atoms with Crippen LogP contribution in [0.2, 0.25) is 0 Å². The van der Waals surface area contributed by atoms with E-state index in [-0.39, 0.29) is 23.2 Å². The quantitative estimate of drug-likeness (QED) is 0.507. The number of amides is 1. The van der Waals surface area contributed by atoms with Gasteiger partial charge in [-0.2, -0.15) is 0 Å². The summed E-state index contributed by atoms with van der Waals surface area (Å²) in [5.74, 6) is -0.575. The Bertz CT molecular complexity index is 614. The lowest BCUT2D eigenvalue weighted by molar-refractivity contribution is -0.384. The maximum atomic E-state index is 12.2. The first-order valence-electron chi connectivity index (χ1n) is 8.14. The first kappa shape index (κ1) is 17.9. The molecule has 0 aromatic heterocycles. The van der Waals surface area contributed by atoms with E-state index in [9.17, 15) is 19.7 Å². The maximum Gasteiger partial charge on any atom is 0.338 e. The van der Waals surface area contributed by atoms with Crippen LogP contribution in [0.4, 0.5) is 5.69 Å². The highest BCUT2D eigenvalue weighted by Gasteiger charge is 2.26. The van der Waals surface area contributed by atoms with Crippen LogP contribution in [0.3, 0.4) is 0 Å². The Morgan fingerprint density at radius 3 is 2.46 bits per heavy atom. The molecule has 0 bridgehead atoms. The van der Waals surface area contributed by atoms with Crippen molar-refractivity contribution in [2.75, 3.05) is 0 Å². The van der Waals surface area contributed by atoms with E-state index in [0.29, 0.717) is 5.92 Å². The topological polar surface area (TPSA) is 98.5 Å². The lowest BCUT2D eigenvalue weighted by Gasteiger charge is -2.30. The highest BCUT2D eigenvalue weighted by atomic mass is 16.6. The van der Waals surface area contributed by atoms with E-state index < -0.39 is 17.0 Å². The zero-order chi connectivity index (χ0) is 17.7. The molecule has 3 atom stereocenters. The summed E-state index contributed by atoms with van der Waals surface area (Å²) < 4.78 is 5.15. The van der Waals surface area contributed by atoms with E-state index in [1.807, 2.05) is 0 Å². The lowest BCUT2D eigenvalue weighted by Crippen LogP contribution is -2.45. The van der Waals surface area contributed by atoms with E-state index in [4.69, 9.17) is 4.74 Å². The molecule has 1 aliphatic rings. The fraction of sp³-hybridized carbons (Fsp3) is 0.529. The molecular weight excluding hydrogens is 312 g/mol. The van der Waals surface area contributed by atoms with Crippen LogP contribution in [0.5, 0.6) is 0 Å². The van der Waals surface area contributed by atoms with E-state index in [1.165, 1.54) is 37.6 Å². The molecule has 1 aromatic carbocycles. The van der Waals surface area contributed by atoms with Crippen molar-refractivity contribution in [1.82, 2.24) is 5.32 Å². The van der Waals surface area contributed by atoms with Crippen LogP contribution in [0, 0.1) is 16.0 Å². The van der Waals surface area contributed by atoms with Crippen LogP contribution in [0.1, 0.15) is 49.9 Å². The first-order chi connectivity index (χ1) is 11.4. The molecule has 24 heavy (non-hydrogen) atoms. The molecule has 2 rings (SSSR count). The highest BCUT2D eigenvalue weighted by molar-refractivity contribution is 5.92. The van der Waals surface area contributed by atoms with Crippen LogP contribution >= 0.6 is 0 Å². The number of esters is 1. The number of nitro benzene ring substituents is 1. The number of nitrogens with zero attached hydrogens (tertiary/aromatic N) is 1. The molecule has 0 aliphatic heterocycles. The van der Waals surface area contributed by atoms with E-state index in [1.54, 1.807) is 0 Å². The van der Waals surface area contributed by atoms with Crippen molar-refractivity contribution in [3.05, 3.63) is 39.9 Å². The average Bonchev–Trinajstić information content (AvgIpc) is 2.56. The summed E-state index contributed by atoms with van der Waals surface area (Å²) in [6, 6.07) is 5.20. The van der Waals surface area contributed by atoms with Gasteiger partial charge in [-0.15, -0.1) is 0 Å². The number of nitrogens with one attached hydrogen (secondary N) is 1. The zero-order valence-electron chi connectivity index (χ0n) is 13.9. The monoisotopic (exact) mass is 334 g/mol. The predicted octanol–water partition coefficient (Wildman–Crippen LogP) is 2.84. The minimum absolute atomic E-state index is 0.108. The van der Waals surface area contributed by atoms with Gasteiger partial charge >= 0.3 is 5.97 Å². The Morgan fingerprint density at radius 2 is 1.88 bits per heavy atom. The smallest absolute Gasteiger partial charge is 0.338 e. The molecule has 0 unspecified atom stereocenters. The number of benzene rings is 1. The summed E-state index contributed by atoms with van der Waals surface area (Å²) in [5.41, 5.74) is 0.0647. The van der Waals surface area contributed by atoms with Gasteiger partial charge in [-0.05, 0) is 37.8 Å². The molecule has 0 heterocycles. The Hall–Kier alpha value is -2.44. The number of ether oxygens (including phenoxy) is 1. The first-order valence-corrected chi connectivity index (χ1v) is 8.14. The van der Waals surface area contributed by atoms with Gasteiger partial charge in [0, 0.05) is 18.2 Å². The second kappa shape index (κ2) is 7.90. The van der Waals surface area contributed by atoms with Crippen LogP contribution < -0.4 is 5.32 Å². The second-order valence-corrected chi connectivity index (χ2v) is 6.23. The number of carbonyl (C=O) groups is 2. The van der Waals surface area contributed by atoms with Crippen molar-refractivity contribution < 1.29 is 19.2 Å². The largest absolute Gasteiger partial charge is 0.449 e. The van der Waals surface area contributed by atoms with Crippen molar-refractivity contribution >= 4 is 17.6 Å². The number of hydrogen-bond acceptors (Lipinski definition) is 5. The zero-order valence-corrected chi connectivity index (χ0v) is 13.9. The molecule has 1 aliphatic carbocycles. The van der Waals surface area contributed by atoms with Crippen molar-refractivity contribution in [1.29, 1.82) is 0 Å². The van der Waals surface area contributed by atoms with Gasteiger partial charge in [0.25, 0.3) is 11.6 Å². The number of carbonyl (C=O) groups excluding carboxylic acids is 2. The molecule has 1 amide bonds. The fourth-order valence-electron chi connectivity index (χ4n) is 2.83. The minimum Gasteiger partial charge on any atom is -0.449 e. The third-order valence-electron chi connectivity index (χ3n) is 4.41. The molecule has 1 saturated carbocycles. The van der Waals surface area contributed by atoms with Crippen LogP contribution in [-0.4, -0.2) is 28.9 Å². The standard InChI is InChI=1S/C17H22N2O5/c1-11-5-3-4-6-15(11)18-16(20)12(2)24-17(21)13-7-9-14(10-8-13)19(22)23/h7-12,15H,3-6H2,1-2H3,(H,18,20)/t11-,12-,15-/m1/s1. The number of nitro groups is 1. The molecule has 1 aromatic rings. The van der Waals surface area contributed by atoms with Gasteiger partial charge in [0.05, 0.1) is 10.5 Å². The second-order valence-electron chi connectivity index (χ2n) is 6.23. The SMILES string of the molecule is C[C@@H]1CCCC[C@H]1NC(=O)[C@@H](C)OC(=O)c1ccc([N+](=O)[O-])cc1. The maximum absolute atomic E-state index is 12.2. The summed E-state index contributed by atoms with van der Waals surface area (Å²) in [6.07, 6.45) is 3.38. The predicted molar refractivity (Wildman–Crippen MR) is 87.5 cm³/mol. The van der Waals surface area contributed by atoms with Gasteiger partial charge in [0.1, 0.15) is 0 Å². The van der Waals surface area contributed by atoms with Crippen LogP contribution in [0.15, 0.2) is 24.3 Å². The van der Waals surface area contributed by atoms with Gasteiger partial charge < -0.3 is 10.1 Å². The molecule has 7 nitrogen and oxygen atoms in total. The fourth-order valence-corrected chi connectivity index (χ4v) is 2.83. The van der Waals surface area contributed by atoms with E-state index in [0.717, 1.165) is 19.3 Å². The van der Waals surface area contributed by atoms with Crippen molar-refractivity contribution in [2.45, 2.75) is 51.7 Å². The summed E-state index contributed by atoms with van der Waals surface area (Å²) >= 11 is 0. The number of non-ortho nitro benzene ring substituents is 1. The highest BCUT2D eigenvalue weighted by Crippen LogP contribution is 2.23. The summed E-state index contributed by atoms with van der Waals surface area (Å²) in [5, 5.41) is 13.5. The molecular formula is C17H22N2O5. The molecule has 0 radical (unpaired) electrons. The van der Waals surface area contributed by atoms with Crippen molar-refractivity contribution in [3.8, 4) is 0 Å². The molecule has 7 heteroatoms. The molecule has 1 N–H and O–H groups in total. The molecule has 130 valence electrons. The summed E-state index contributed by atoms with van der Waals surface area (Å²) in [4.78, 5) is 34.3. The molecule has 0 saturated heterocycles. The normalized spacial score (nSPS) is 21.6. The van der Waals surface area contributed by atoms with Crippen molar-refractivity contribution in [3.63, 3.8) is 0 Å². The molecule has 1 fully saturated rings. The average molecular weight is 334 g/mol.